The number of nitrogens with one attached hydrogen (secondary N) is 1. The van der Waals surface area contributed by atoms with Crippen LogP contribution in [-0.4, -0.2) is 15.6 Å². The van der Waals surface area contributed by atoms with Gasteiger partial charge in [-0.3, -0.25) is 4.79 Å². The van der Waals surface area contributed by atoms with Gasteiger partial charge in [0, 0.05) is 11.4 Å². The smallest absolute Gasteiger partial charge is 0.264 e. The van der Waals surface area contributed by atoms with Crippen LogP contribution in [0, 0.1) is 34.6 Å². The van der Waals surface area contributed by atoms with Gasteiger partial charge in [-0.25, -0.2) is 4.99 Å². The lowest BCUT2D eigenvalue weighted by Crippen LogP contribution is -2.19. The Morgan fingerprint density at radius 1 is 1.00 bits per heavy atom. The number of nitrogens with zero attached hydrogens (tertiary/aromatic N) is 2. The molecule has 1 amide bonds. The summed E-state index contributed by atoms with van der Waals surface area (Å²) >= 11 is 1.39. The van der Waals surface area contributed by atoms with Crippen molar-refractivity contribution in [1.29, 1.82) is 0 Å². The molecule has 5 heteroatoms. The number of aryl methyl sites for hydroxylation is 5. The Bertz CT molecular complexity index is 1280. The van der Waals surface area contributed by atoms with Gasteiger partial charge in [0.25, 0.3) is 5.91 Å². The number of para-hydroxylation sites is 1. The van der Waals surface area contributed by atoms with Crippen LogP contribution in [-0.2, 0) is 11.2 Å². The molecule has 0 unspecified atom stereocenters. The predicted octanol–water partition coefficient (Wildman–Crippen LogP) is 6.47. The summed E-state index contributed by atoms with van der Waals surface area (Å²) in [5.74, 6) is -0.104. The van der Waals surface area contributed by atoms with Gasteiger partial charge in [-0.05, 0) is 105 Å². The maximum absolute atomic E-state index is 12.6. The van der Waals surface area contributed by atoms with E-state index in [0.29, 0.717) is 10.1 Å². The quantitative estimate of drug-likeness (QED) is 0.470. The largest absolute Gasteiger partial charge is 0.317 e. The van der Waals surface area contributed by atoms with Crippen molar-refractivity contribution < 1.29 is 4.79 Å². The first-order valence-corrected chi connectivity index (χ1v) is 11.7. The summed E-state index contributed by atoms with van der Waals surface area (Å²) in [6.45, 7) is 12.7. The average Bonchev–Trinajstić information content (AvgIpc) is 3.23. The maximum Gasteiger partial charge on any atom is 0.264 e. The molecule has 2 heterocycles. The van der Waals surface area contributed by atoms with Crippen LogP contribution in [0.4, 0.5) is 5.69 Å². The van der Waals surface area contributed by atoms with Gasteiger partial charge < -0.3 is 9.88 Å². The first-order valence-electron chi connectivity index (χ1n) is 10.9. The number of rotatable bonds is 4. The third-order valence-corrected chi connectivity index (χ3v) is 6.96. The molecule has 1 aromatic heterocycles. The summed E-state index contributed by atoms with van der Waals surface area (Å²) < 4.78 is 2.31. The molecule has 0 spiro atoms. The number of aromatic nitrogens is 1. The Morgan fingerprint density at radius 2 is 1.78 bits per heavy atom. The molecule has 32 heavy (non-hydrogen) atoms. The van der Waals surface area contributed by atoms with Crippen molar-refractivity contribution in [2.75, 3.05) is 0 Å². The van der Waals surface area contributed by atoms with E-state index in [-0.39, 0.29) is 5.91 Å². The van der Waals surface area contributed by atoms with E-state index in [4.69, 9.17) is 0 Å². The number of carbonyl (C=O) groups excluding carboxylic acids is 1. The highest BCUT2D eigenvalue weighted by Gasteiger charge is 2.25. The maximum atomic E-state index is 12.6. The van der Waals surface area contributed by atoms with Gasteiger partial charge in [0.15, 0.2) is 5.17 Å². The SMILES string of the molecule is CCc1cccc(C)c1-n1c(C)cc(/C=C2\SC(=Nc3ccc(C)c(C)c3)NC2=O)c1C. The fourth-order valence-corrected chi connectivity index (χ4v) is 4.97. The second-order valence-electron chi connectivity index (χ2n) is 8.35. The summed E-state index contributed by atoms with van der Waals surface area (Å²) in [5.41, 5.74) is 10.4. The van der Waals surface area contributed by atoms with Crippen LogP contribution in [0.2, 0.25) is 0 Å². The van der Waals surface area contributed by atoms with E-state index in [0.717, 1.165) is 29.1 Å². The van der Waals surface area contributed by atoms with Crippen molar-refractivity contribution in [2.45, 2.75) is 48.0 Å². The van der Waals surface area contributed by atoms with E-state index in [9.17, 15) is 4.79 Å². The second-order valence-corrected chi connectivity index (χ2v) is 9.38. The lowest BCUT2D eigenvalue weighted by molar-refractivity contribution is -0.115. The van der Waals surface area contributed by atoms with Crippen LogP contribution in [0.5, 0.6) is 0 Å². The van der Waals surface area contributed by atoms with Gasteiger partial charge >= 0.3 is 0 Å². The molecule has 4 rings (SSSR count). The topological polar surface area (TPSA) is 46.4 Å². The Hall–Kier alpha value is -3.05. The molecule has 1 saturated heterocycles. The minimum absolute atomic E-state index is 0.104. The van der Waals surface area contributed by atoms with Gasteiger partial charge in [0.2, 0.25) is 0 Å². The Labute approximate surface area is 194 Å². The van der Waals surface area contributed by atoms with Crippen molar-refractivity contribution >= 4 is 34.6 Å². The molecule has 2 aromatic carbocycles. The number of amidine groups is 1. The van der Waals surface area contributed by atoms with E-state index in [1.54, 1.807) is 0 Å². The van der Waals surface area contributed by atoms with Crippen molar-refractivity contribution in [1.82, 2.24) is 9.88 Å². The van der Waals surface area contributed by atoms with E-state index in [1.165, 1.54) is 39.7 Å². The summed E-state index contributed by atoms with van der Waals surface area (Å²) in [6.07, 6.45) is 2.95. The van der Waals surface area contributed by atoms with Crippen LogP contribution in [0.1, 0.15) is 46.1 Å². The molecule has 4 nitrogen and oxygen atoms in total. The number of amides is 1. The summed E-state index contributed by atoms with van der Waals surface area (Å²) in [7, 11) is 0. The molecule has 1 aliphatic heterocycles. The summed E-state index contributed by atoms with van der Waals surface area (Å²) in [4.78, 5) is 17.9. The van der Waals surface area contributed by atoms with E-state index < -0.39 is 0 Å². The average molecular weight is 444 g/mol. The van der Waals surface area contributed by atoms with Gasteiger partial charge in [0.1, 0.15) is 0 Å². The first-order chi connectivity index (χ1) is 15.3. The van der Waals surface area contributed by atoms with Crippen molar-refractivity contribution in [3.8, 4) is 5.69 Å². The Kier molecular flexibility index (Phi) is 6.11. The van der Waals surface area contributed by atoms with E-state index >= 15 is 0 Å². The standard InChI is InChI=1S/C27H29N3OS/c1-7-21-10-8-9-17(3)25(21)30-19(5)14-22(20(30)6)15-24-26(31)29-27(32-24)28-23-12-11-16(2)18(4)13-23/h8-15H,7H2,1-6H3,(H,28,29,31)/b24-15-. The molecule has 0 bridgehead atoms. The van der Waals surface area contributed by atoms with Crippen LogP contribution < -0.4 is 5.32 Å². The van der Waals surface area contributed by atoms with Gasteiger partial charge in [0.05, 0.1) is 16.3 Å². The Balaban J connectivity index is 1.68. The third kappa shape index (κ3) is 4.17. The highest BCUT2D eigenvalue weighted by molar-refractivity contribution is 8.18. The zero-order valence-corrected chi connectivity index (χ0v) is 20.4. The number of carbonyl (C=O) groups is 1. The van der Waals surface area contributed by atoms with Crippen molar-refractivity contribution in [3.05, 3.63) is 86.6 Å². The molecule has 164 valence electrons. The second kappa shape index (κ2) is 8.83. The van der Waals surface area contributed by atoms with Crippen molar-refractivity contribution in [3.63, 3.8) is 0 Å². The lowest BCUT2D eigenvalue weighted by Gasteiger charge is -2.17. The number of benzene rings is 2. The zero-order chi connectivity index (χ0) is 23.0. The minimum atomic E-state index is -0.104. The molecule has 1 aliphatic rings. The normalized spacial score (nSPS) is 16.2. The molecule has 0 radical (unpaired) electrons. The Morgan fingerprint density at radius 3 is 2.50 bits per heavy atom. The van der Waals surface area contributed by atoms with Gasteiger partial charge in [-0.1, -0.05) is 31.2 Å². The lowest BCUT2D eigenvalue weighted by atomic mass is 10.1. The molecule has 0 atom stereocenters. The minimum Gasteiger partial charge on any atom is -0.317 e. The van der Waals surface area contributed by atoms with E-state index in [2.05, 4.69) is 86.8 Å². The number of thioether (sulfide) groups is 1. The molecule has 0 saturated carbocycles. The first kappa shape index (κ1) is 22.2. The summed E-state index contributed by atoms with van der Waals surface area (Å²) in [5, 5.41) is 3.52. The monoisotopic (exact) mass is 443 g/mol. The van der Waals surface area contributed by atoms with Crippen LogP contribution in [0.15, 0.2) is 52.4 Å². The van der Waals surface area contributed by atoms with Crippen molar-refractivity contribution in [2.24, 2.45) is 4.99 Å². The zero-order valence-electron chi connectivity index (χ0n) is 19.5. The summed E-state index contributed by atoms with van der Waals surface area (Å²) in [6, 6.07) is 14.7. The molecule has 1 fully saturated rings. The predicted molar refractivity (Wildman–Crippen MR) is 136 cm³/mol. The fourth-order valence-electron chi connectivity index (χ4n) is 4.14. The molecular formula is C27H29N3OS. The molecule has 3 aromatic rings. The highest BCUT2D eigenvalue weighted by atomic mass is 32.2. The van der Waals surface area contributed by atoms with Crippen LogP contribution in [0.25, 0.3) is 11.8 Å². The van der Waals surface area contributed by atoms with E-state index in [1.807, 2.05) is 18.2 Å². The number of hydrogen-bond acceptors (Lipinski definition) is 3. The molecular weight excluding hydrogens is 414 g/mol. The number of hydrogen-bond donors (Lipinski definition) is 1. The molecule has 0 aliphatic carbocycles. The number of aliphatic imine (C=N–C) groups is 1. The van der Waals surface area contributed by atoms with Crippen LogP contribution in [0.3, 0.4) is 0 Å². The highest BCUT2D eigenvalue weighted by Crippen LogP contribution is 2.32. The third-order valence-electron chi connectivity index (χ3n) is 6.05. The van der Waals surface area contributed by atoms with Gasteiger partial charge in [-0.2, -0.15) is 0 Å². The van der Waals surface area contributed by atoms with Crippen LogP contribution >= 0.6 is 11.8 Å². The van der Waals surface area contributed by atoms with Gasteiger partial charge in [-0.15, -0.1) is 0 Å². The molecule has 1 N–H and O–H groups in total. The fraction of sp³-hybridized carbons (Fsp3) is 0.259.